The lowest BCUT2D eigenvalue weighted by atomic mass is 9.91. The van der Waals surface area contributed by atoms with Crippen LogP contribution >= 0.6 is 0 Å². The third-order valence-electron chi connectivity index (χ3n) is 5.66. The van der Waals surface area contributed by atoms with Crippen LogP contribution in [0.2, 0.25) is 0 Å². The summed E-state index contributed by atoms with van der Waals surface area (Å²) in [4.78, 5) is 29.3. The Kier molecular flexibility index (Phi) is 12.9. The van der Waals surface area contributed by atoms with Crippen molar-refractivity contribution in [1.29, 1.82) is 0 Å². The minimum Gasteiger partial charge on any atom is -0.380 e. The molecule has 0 radical (unpaired) electrons. The first-order chi connectivity index (χ1) is 17.0. The third kappa shape index (κ3) is 10.1. The van der Waals surface area contributed by atoms with Crippen LogP contribution in [0.15, 0.2) is 60.7 Å². The molecule has 0 saturated heterocycles. The molecule has 2 rings (SSSR count). The van der Waals surface area contributed by atoms with Gasteiger partial charge in [-0.15, -0.1) is 0 Å². The van der Waals surface area contributed by atoms with E-state index in [0.717, 1.165) is 11.4 Å². The van der Waals surface area contributed by atoms with Gasteiger partial charge in [0.2, 0.25) is 11.8 Å². The van der Waals surface area contributed by atoms with E-state index in [-0.39, 0.29) is 28.6 Å². The maximum absolute atomic E-state index is 13.0. The molecule has 0 aromatic heterocycles. The number of ether oxygens (including phenoxy) is 1. The van der Waals surface area contributed by atoms with Crippen molar-refractivity contribution in [3.8, 4) is 0 Å². The third-order valence-corrected chi connectivity index (χ3v) is 5.66. The van der Waals surface area contributed by atoms with Crippen molar-refractivity contribution in [2.75, 3.05) is 36.1 Å². The summed E-state index contributed by atoms with van der Waals surface area (Å²) in [7, 11) is 0. The van der Waals surface area contributed by atoms with E-state index in [9.17, 15) is 9.59 Å². The molecule has 0 aliphatic heterocycles. The zero-order chi connectivity index (χ0) is 27.4. The predicted octanol–water partition coefficient (Wildman–Crippen LogP) is 7.21. The van der Waals surface area contributed by atoms with Crippen LogP contribution in [0.5, 0.6) is 0 Å². The molecule has 0 heterocycles. The first-order valence-electron chi connectivity index (χ1n) is 13.3. The van der Waals surface area contributed by atoms with E-state index in [2.05, 4.69) is 27.7 Å². The average Bonchev–Trinajstić information content (AvgIpc) is 2.87. The lowest BCUT2D eigenvalue weighted by Crippen LogP contribution is -2.44. The van der Waals surface area contributed by atoms with Crippen molar-refractivity contribution < 1.29 is 14.3 Å². The lowest BCUT2D eigenvalue weighted by molar-refractivity contribution is -0.122. The van der Waals surface area contributed by atoms with Gasteiger partial charge in [0, 0.05) is 47.6 Å². The molecule has 2 amide bonds. The van der Waals surface area contributed by atoms with Gasteiger partial charge in [-0.2, -0.15) is 0 Å². The first-order valence-corrected chi connectivity index (χ1v) is 13.3. The fourth-order valence-electron chi connectivity index (χ4n) is 3.89. The largest absolute Gasteiger partial charge is 0.380 e. The highest BCUT2D eigenvalue weighted by molar-refractivity contribution is 5.94. The SMILES string of the molecule is CC.CCC(=O)N(CC(C)(C)COCC(C)(C)CN(C(=O)C(C)C)c1ccccc1)c1ccccc1. The van der Waals surface area contributed by atoms with E-state index in [0.29, 0.717) is 32.7 Å². The zero-order valence-corrected chi connectivity index (χ0v) is 24.0. The van der Waals surface area contributed by atoms with Gasteiger partial charge in [0.05, 0.1) is 13.2 Å². The first kappa shape index (κ1) is 31.4. The lowest BCUT2D eigenvalue weighted by Gasteiger charge is -2.36. The molecular formula is C31H48N2O3. The Morgan fingerprint density at radius 2 is 1.14 bits per heavy atom. The predicted molar refractivity (Wildman–Crippen MR) is 152 cm³/mol. The molecule has 0 N–H and O–H groups in total. The number of hydrogen-bond acceptors (Lipinski definition) is 3. The van der Waals surface area contributed by atoms with Crippen LogP contribution in [-0.2, 0) is 14.3 Å². The summed E-state index contributed by atoms with van der Waals surface area (Å²) in [5.74, 6) is 0.123. The van der Waals surface area contributed by atoms with Gasteiger partial charge in [-0.25, -0.2) is 0 Å². The Balaban J connectivity index is 0.00000316. The summed E-state index contributed by atoms with van der Waals surface area (Å²) in [6, 6.07) is 19.6. The highest BCUT2D eigenvalue weighted by Crippen LogP contribution is 2.27. The number of anilines is 2. The number of carbonyl (C=O) groups is 2. The summed E-state index contributed by atoms with van der Waals surface area (Å²) in [5, 5.41) is 0. The molecule has 0 saturated carbocycles. The molecule has 0 aliphatic carbocycles. The number of benzene rings is 2. The minimum atomic E-state index is -0.241. The van der Waals surface area contributed by atoms with Crippen molar-refractivity contribution in [2.45, 2.75) is 68.7 Å². The Morgan fingerprint density at radius 1 is 0.750 bits per heavy atom. The van der Waals surface area contributed by atoms with Crippen LogP contribution in [0, 0.1) is 16.7 Å². The van der Waals surface area contributed by atoms with Gasteiger partial charge in [-0.05, 0) is 24.3 Å². The number of carbonyl (C=O) groups excluding carboxylic acids is 2. The molecule has 0 aliphatic rings. The second-order valence-electron chi connectivity index (χ2n) is 10.9. The van der Waals surface area contributed by atoms with Crippen molar-refractivity contribution in [1.82, 2.24) is 0 Å². The van der Waals surface area contributed by atoms with E-state index in [1.54, 1.807) is 0 Å². The number of hydrogen-bond donors (Lipinski definition) is 0. The Hall–Kier alpha value is -2.66. The topological polar surface area (TPSA) is 49.9 Å². The zero-order valence-electron chi connectivity index (χ0n) is 24.0. The van der Waals surface area contributed by atoms with Gasteiger partial charge >= 0.3 is 0 Å². The van der Waals surface area contributed by atoms with E-state index >= 15 is 0 Å². The highest BCUT2D eigenvalue weighted by Gasteiger charge is 2.30. The minimum absolute atomic E-state index is 0.0871. The molecule has 0 fully saturated rings. The van der Waals surface area contributed by atoms with Crippen LogP contribution in [0.3, 0.4) is 0 Å². The molecule has 5 nitrogen and oxygen atoms in total. The van der Waals surface area contributed by atoms with E-state index in [1.807, 2.05) is 105 Å². The normalized spacial score (nSPS) is 11.5. The van der Waals surface area contributed by atoms with Gasteiger partial charge in [0.1, 0.15) is 0 Å². The smallest absolute Gasteiger partial charge is 0.229 e. The van der Waals surface area contributed by atoms with Gasteiger partial charge in [-0.3, -0.25) is 9.59 Å². The highest BCUT2D eigenvalue weighted by atomic mass is 16.5. The van der Waals surface area contributed by atoms with E-state index in [4.69, 9.17) is 4.74 Å². The molecule has 36 heavy (non-hydrogen) atoms. The van der Waals surface area contributed by atoms with E-state index < -0.39 is 0 Å². The summed E-state index contributed by atoms with van der Waals surface area (Å²) in [6.07, 6.45) is 0.456. The Bertz CT molecular complexity index is 908. The van der Waals surface area contributed by atoms with Crippen LogP contribution in [0.4, 0.5) is 11.4 Å². The van der Waals surface area contributed by atoms with Crippen molar-refractivity contribution in [2.24, 2.45) is 16.7 Å². The Labute approximate surface area is 219 Å². The fourth-order valence-corrected chi connectivity index (χ4v) is 3.89. The van der Waals surface area contributed by atoms with Gasteiger partial charge in [0.15, 0.2) is 0 Å². The summed E-state index contributed by atoms with van der Waals surface area (Å²) in [5.41, 5.74) is 1.35. The van der Waals surface area contributed by atoms with Crippen molar-refractivity contribution in [3.05, 3.63) is 60.7 Å². The monoisotopic (exact) mass is 496 g/mol. The molecule has 0 bridgehead atoms. The number of para-hydroxylation sites is 2. The van der Waals surface area contributed by atoms with Crippen molar-refractivity contribution in [3.63, 3.8) is 0 Å². The van der Waals surface area contributed by atoms with Crippen LogP contribution in [0.1, 0.15) is 68.7 Å². The molecule has 0 unspecified atom stereocenters. The number of nitrogens with zero attached hydrogens (tertiary/aromatic N) is 2. The van der Waals surface area contributed by atoms with Gasteiger partial charge < -0.3 is 14.5 Å². The second-order valence-corrected chi connectivity index (χ2v) is 10.9. The Morgan fingerprint density at radius 3 is 1.53 bits per heavy atom. The molecular weight excluding hydrogens is 448 g/mol. The maximum Gasteiger partial charge on any atom is 0.229 e. The van der Waals surface area contributed by atoms with Crippen LogP contribution < -0.4 is 9.80 Å². The summed E-state index contributed by atoms with van der Waals surface area (Å²) < 4.78 is 6.21. The molecule has 0 spiro atoms. The standard InChI is InChI=1S/C29H42N2O3.C2H6/c1-8-26(32)30(24-15-11-9-12-16-24)19-28(4,5)21-34-22-29(6,7)20-31(27(33)23(2)3)25-17-13-10-14-18-25;1-2/h9-18,23H,8,19-22H2,1-7H3;1-2H3. The molecule has 2 aromatic rings. The number of rotatable bonds is 12. The van der Waals surface area contributed by atoms with Gasteiger partial charge in [-0.1, -0.05) is 98.7 Å². The van der Waals surface area contributed by atoms with Crippen molar-refractivity contribution >= 4 is 23.2 Å². The van der Waals surface area contributed by atoms with E-state index in [1.165, 1.54) is 0 Å². The summed E-state index contributed by atoms with van der Waals surface area (Å²) >= 11 is 0. The van der Waals surface area contributed by atoms with Crippen LogP contribution in [-0.4, -0.2) is 38.1 Å². The number of amides is 2. The fraction of sp³-hybridized carbons (Fsp3) is 0.548. The quantitative estimate of drug-likeness (QED) is 0.312. The average molecular weight is 497 g/mol. The van der Waals surface area contributed by atoms with Gasteiger partial charge in [0.25, 0.3) is 0 Å². The maximum atomic E-state index is 13.0. The molecule has 5 heteroatoms. The second kappa shape index (κ2) is 14.8. The van der Waals surface area contributed by atoms with Crippen LogP contribution in [0.25, 0.3) is 0 Å². The molecule has 2 aromatic carbocycles. The summed E-state index contributed by atoms with van der Waals surface area (Å²) in [6.45, 7) is 20.4. The molecule has 200 valence electrons. The molecule has 0 atom stereocenters.